The molecule has 7 aromatic carbocycles. The van der Waals surface area contributed by atoms with E-state index in [1.54, 1.807) is 0 Å². The van der Waals surface area contributed by atoms with Crippen LogP contribution in [-0.4, -0.2) is 28.7 Å². The summed E-state index contributed by atoms with van der Waals surface area (Å²) in [5.74, 6) is 0. The normalized spacial score (nSPS) is 11.9. The van der Waals surface area contributed by atoms with E-state index in [9.17, 15) is 0 Å². The van der Waals surface area contributed by atoms with Crippen molar-refractivity contribution in [2.45, 2.75) is 52.4 Å². The fourth-order valence-corrected chi connectivity index (χ4v) is 9.76. The molecule has 8 nitrogen and oxygen atoms in total. The number of benzene rings is 7. The summed E-state index contributed by atoms with van der Waals surface area (Å²) in [6.45, 7) is 13.5. The number of para-hydroxylation sites is 2. The van der Waals surface area contributed by atoms with Crippen molar-refractivity contribution in [3.63, 3.8) is 0 Å². The molecular weight excluding hydrogens is 905 g/mol. The van der Waals surface area contributed by atoms with Gasteiger partial charge in [0.2, 0.25) is 0 Å². The molecule has 8 heteroatoms. The van der Waals surface area contributed by atoms with Crippen LogP contribution in [-0.2, 0) is 10.8 Å². The Kier molecular flexibility index (Phi) is 11.5. The van der Waals surface area contributed by atoms with Crippen molar-refractivity contribution in [1.29, 1.82) is 0 Å². The Bertz CT molecular complexity index is 3610. The Morgan fingerprint density at radius 1 is 0.311 bits per heavy atom. The Morgan fingerprint density at radius 2 is 0.608 bits per heavy atom. The lowest BCUT2D eigenvalue weighted by Gasteiger charge is -2.27. The van der Waals surface area contributed by atoms with E-state index in [1.807, 2.05) is 73.1 Å². The molecule has 0 aliphatic carbocycles. The van der Waals surface area contributed by atoms with Gasteiger partial charge in [-0.15, -0.1) is 0 Å². The predicted molar refractivity (Wildman–Crippen MR) is 306 cm³/mol. The molecule has 12 rings (SSSR count). The van der Waals surface area contributed by atoms with E-state index in [0.717, 1.165) is 101 Å². The van der Waals surface area contributed by atoms with Gasteiger partial charge in [-0.05, 0) is 131 Å². The number of fused-ring (bicyclic) bond motifs is 3. The minimum absolute atomic E-state index is 0.0295. The Balaban J connectivity index is 0.902. The lowest BCUT2D eigenvalue weighted by molar-refractivity contribution is 0.590. The molecule has 5 heterocycles. The number of hydrogen-bond acceptors (Lipinski definition) is 6. The first-order valence-electron chi connectivity index (χ1n) is 25.3. The molecule has 12 aromatic rings. The van der Waals surface area contributed by atoms with Gasteiger partial charge in [-0.25, -0.2) is 19.9 Å². The van der Waals surface area contributed by atoms with E-state index in [2.05, 4.69) is 218 Å². The molecule has 5 aromatic heterocycles. The SMILES string of the molecule is CC(C)(C)c1ccc(N(c2ccc(-c3cn4ccccc4n3)cc2)c2ccc(-c3nc4ccccc4nc3-c3ccc(N(c4ccc(-c5cn6ccccc6n5)cc4)c4ccc(C(C)(C)C)cc4)cc3)cc2)cc1. The summed E-state index contributed by atoms with van der Waals surface area (Å²) in [6.07, 6.45) is 8.22. The predicted octanol–water partition coefficient (Wildman–Crippen LogP) is 17.1. The molecule has 360 valence electrons. The summed E-state index contributed by atoms with van der Waals surface area (Å²) >= 11 is 0. The van der Waals surface area contributed by atoms with Crippen LogP contribution in [0.5, 0.6) is 0 Å². The van der Waals surface area contributed by atoms with Crippen molar-refractivity contribution in [1.82, 2.24) is 28.7 Å². The van der Waals surface area contributed by atoms with Crippen LogP contribution in [0.25, 0.3) is 67.4 Å². The molecule has 0 bridgehead atoms. The third-order valence-electron chi connectivity index (χ3n) is 13.9. The van der Waals surface area contributed by atoms with Gasteiger partial charge in [0.05, 0.1) is 33.8 Å². The highest BCUT2D eigenvalue weighted by Crippen LogP contribution is 2.41. The smallest absolute Gasteiger partial charge is 0.137 e. The minimum Gasteiger partial charge on any atom is -0.311 e. The number of imidazole rings is 2. The van der Waals surface area contributed by atoms with Crippen molar-refractivity contribution >= 4 is 56.5 Å². The van der Waals surface area contributed by atoms with Gasteiger partial charge in [-0.2, -0.15) is 0 Å². The van der Waals surface area contributed by atoms with E-state index in [-0.39, 0.29) is 10.8 Å². The first-order chi connectivity index (χ1) is 35.9. The van der Waals surface area contributed by atoms with Gasteiger partial charge in [0.15, 0.2) is 0 Å². The average Bonchev–Trinajstić information content (AvgIpc) is 4.07. The molecule has 0 atom stereocenters. The summed E-state index contributed by atoms with van der Waals surface area (Å²) in [4.78, 5) is 25.1. The highest BCUT2D eigenvalue weighted by molar-refractivity contribution is 5.89. The van der Waals surface area contributed by atoms with E-state index < -0.39 is 0 Å². The second-order valence-corrected chi connectivity index (χ2v) is 21.0. The summed E-state index contributed by atoms with van der Waals surface area (Å²) < 4.78 is 4.11. The number of nitrogens with zero attached hydrogens (tertiary/aromatic N) is 8. The topological polar surface area (TPSA) is 66.9 Å². The number of rotatable bonds is 10. The zero-order chi connectivity index (χ0) is 50.6. The molecule has 0 fully saturated rings. The van der Waals surface area contributed by atoms with E-state index in [0.29, 0.717) is 0 Å². The molecular formula is C66H56N8. The van der Waals surface area contributed by atoms with Crippen LogP contribution in [0.1, 0.15) is 52.7 Å². The molecule has 0 N–H and O–H groups in total. The molecule has 0 radical (unpaired) electrons. The van der Waals surface area contributed by atoms with Crippen molar-refractivity contribution in [2.75, 3.05) is 9.80 Å². The number of pyridine rings is 2. The van der Waals surface area contributed by atoms with Crippen molar-refractivity contribution in [2.24, 2.45) is 0 Å². The van der Waals surface area contributed by atoms with Crippen molar-refractivity contribution in [3.05, 3.63) is 242 Å². The van der Waals surface area contributed by atoms with E-state index in [1.165, 1.54) is 11.1 Å². The Labute approximate surface area is 432 Å². The van der Waals surface area contributed by atoms with Crippen LogP contribution in [0.3, 0.4) is 0 Å². The van der Waals surface area contributed by atoms with Crippen molar-refractivity contribution in [3.8, 4) is 45.0 Å². The van der Waals surface area contributed by atoms with Crippen LogP contribution >= 0.6 is 0 Å². The minimum atomic E-state index is 0.0295. The summed E-state index contributed by atoms with van der Waals surface area (Å²) in [6, 6.07) is 72.9. The van der Waals surface area contributed by atoms with Crippen LogP contribution < -0.4 is 9.80 Å². The quantitative estimate of drug-likeness (QED) is 0.136. The molecule has 0 aliphatic rings. The van der Waals surface area contributed by atoms with E-state index in [4.69, 9.17) is 19.9 Å². The Hall–Kier alpha value is -9.14. The lowest BCUT2D eigenvalue weighted by Crippen LogP contribution is -2.13. The van der Waals surface area contributed by atoms with E-state index >= 15 is 0 Å². The lowest BCUT2D eigenvalue weighted by atomic mass is 9.87. The van der Waals surface area contributed by atoms with Gasteiger partial charge >= 0.3 is 0 Å². The highest BCUT2D eigenvalue weighted by atomic mass is 15.1. The largest absolute Gasteiger partial charge is 0.311 e. The maximum atomic E-state index is 5.33. The number of hydrogen-bond donors (Lipinski definition) is 0. The van der Waals surface area contributed by atoms with Crippen molar-refractivity contribution < 1.29 is 0 Å². The Morgan fingerprint density at radius 3 is 0.919 bits per heavy atom. The zero-order valence-corrected chi connectivity index (χ0v) is 42.5. The molecule has 0 spiro atoms. The van der Waals surface area contributed by atoms with Gasteiger partial charge in [-0.3, -0.25) is 0 Å². The molecule has 74 heavy (non-hydrogen) atoms. The molecule has 0 saturated heterocycles. The molecule has 0 amide bonds. The molecule has 0 saturated carbocycles. The second-order valence-electron chi connectivity index (χ2n) is 21.0. The maximum absolute atomic E-state index is 5.33. The maximum Gasteiger partial charge on any atom is 0.137 e. The molecule has 0 unspecified atom stereocenters. The van der Waals surface area contributed by atoms with Gasteiger partial charge < -0.3 is 18.6 Å². The van der Waals surface area contributed by atoms with Gasteiger partial charge in [0.1, 0.15) is 11.3 Å². The third-order valence-corrected chi connectivity index (χ3v) is 13.9. The summed E-state index contributed by atoms with van der Waals surface area (Å²) in [7, 11) is 0. The summed E-state index contributed by atoms with van der Waals surface area (Å²) in [5.41, 5.74) is 20.0. The molecule has 0 aliphatic heterocycles. The first-order valence-corrected chi connectivity index (χ1v) is 25.3. The van der Waals surface area contributed by atoms with Crippen LogP contribution in [0.4, 0.5) is 34.1 Å². The number of aromatic nitrogens is 6. The van der Waals surface area contributed by atoms with Gasteiger partial charge in [0, 0.05) is 81.2 Å². The fourth-order valence-electron chi connectivity index (χ4n) is 9.76. The highest BCUT2D eigenvalue weighted by Gasteiger charge is 2.21. The zero-order valence-electron chi connectivity index (χ0n) is 42.5. The van der Waals surface area contributed by atoms with Crippen LogP contribution in [0, 0.1) is 0 Å². The standard InChI is InChI=1S/C66H56N8/c1-65(2,3)49-25-37-55(38-26-49)73(51-29-17-45(18-30-51)59-43-71-41-11-9-15-61(71)67-59)53-33-21-47(22-34-53)63-64(70-58-14-8-7-13-57(58)69-63)48-23-35-54(36-24-48)74(56-39-27-50(28-40-56)66(4,5)6)52-31-19-46(20-32-52)60-44-72-42-12-10-16-62(72)68-60/h7-44H,1-6H3. The third kappa shape index (κ3) is 8.96. The summed E-state index contributed by atoms with van der Waals surface area (Å²) in [5, 5.41) is 0. The fraction of sp³-hybridized carbons (Fsp3) is 0.121. The second kappa shape index (κ2) is 18.5. The van der Waals surface area contributed by atoms with Gasteiger partial charge in [0.25, 0.3) is 0 Å². The van der Waals surface area contributed by atoms with Gasteiger partial charge in [-0.1, -0.05) is 139 Å². The average molecular weight is 961 g/mol. The first kappa shape index (κ1) is 46.0. The monoisotopic (exact) mass is 960 g/mol. The van der Waals surface area contributed by atoms with Crippen LogP contribution in [0.2, 0.25) is 0 Å². The number of anilines is 6. The van der Waals surface area contributed by atoms with Crippen LogP contribution in [0.15, 0.2) is 231 Å².